The summed E-state index contributed by atoms with van der Waals surface area (Å²) in [5.74, 6) is -0.331. The van der Waals surface area contributed by atoms with Gasteiger partial charge in [-0.2, -0.15) is 0 Å². The number of carbonyl (C=O) groups excluding carboxylic acids is 1. The number of ether oxygens (including phenoxy) is 1. The van der Waals surface area contributed by atoms with Crippen LogP contribution in [0, 0.1) is 0 Å². The lowest BCUT2D eigenvalue weighted by Crippen LogP contribution is -2.07. The predicted molar refractivity (Wildman–Crippen MR) is 69.8 cm³/mol. The Kier molecular flexibility index (Phi) is 4.25. The molecule has 6 nitrogen and oxygen atoms in total. The number of carbonyl (C=O) groups is 1. The van der Waals surface area contributed by atoms with Crippen molar-refractivity contribution in [3.63, 3.8) is 0 Å². The second-order valence-electron chi connectivity index (χ2n) is 4.04. The second-order valence-corrected chi connectivity index (χ2v) is 4.04. The summed E-state index contributed by atoms with van der Waals surface area (Å²) in [4.78, 5) is 11.8. The normalized spacial score (nSPS) is 10.4. The minimum atomic E-state index is -0.331. The van der Waals surface area contributed by atoms with Gasteiger partial charge in [0.15, 0.2) is 0 Å². The summed E-state index contributed by atoms with van der Waals surface area (Å²) in [7, 11) is 0. The number of rotatable bonds is 5. The monoisotopic (exact) mass is 260 g/mol. The lowest BCUT2D eigenvalue weighted by atomic mass is 10.2. The van der Waals surface area contributed by atoms with Gasteiger partial charge in [0, 0.05) is 6.54 Å². The molecular formula is C13H16N4O2. The van der Waals surface area contributed by atoms with Crippen LogP contribution in [0.4, 0.5) is 0 Å². The maximum absolute atomic E-state index is 11.8. The standard InChI is InChI=1S/C13H16N4O2/c1-2-6-19-13(18)10-4-3-5-12(7-10)17-9-11(8-14)15-16-17/h3-5,7,9H,2,6,8,14H2,1H3. The van der Waals surface area contributed by atoms with Crippen molar-refractivity contribution >= 4 is 5.97 Å². The van der Waals surface area contributed by atoms with Gasteiger partial charge in [-0.15, -0.1) is 5.10 Å². The first-order valence-corrected chi connectivity index (χ1v) is 6.13. The average Bonchev–Trinajstić information content (AvgIpc) is 2.94. The van der Waals surface area contributed by atoms with Crippen LogP contribution in [0.3, 0.4) is 0 Å². The SMILES string of the molecule is CCCOC(=O)c1cccc(-n2cc(CN)nn2)c1. The van der Waals surface area contributed by atoms with Gasteiger partial charge in [0.2, 0.25) is 0 Å². The molecule has 6 heteroatoms. The van der Waals surface area contributed by atoms with E-state index in [1.165, 1.54) is 0 Å². The molecule has 2 aromatic rings. The lowest BCUT2D eigenvalue weighted by molar-refractivity contribution is 0.0505. The highest BCUT2D eigenvalue weighted by atomic mass is 16.5. The van der Waals surface area contributed by atoms with Crippen molar-refractivity contribution in [2.45, 2.75) is 19.9 Å². The van der Waals surface area contributed by atoms with E-state index in [0.29, 0.717) is 24.4 Å². The molecule has 0 radical (unpaired) electrons. The highest BCUT2D eigenvalue weighted by Crippen LogP contribution is 2.11. The summed E-state index contributed by atoms with van der Waals surface area (Å²) in [6.07, 6.45) is 2.53. The minimum absolute atomic E-state index is 0.331. The lowest BCUT2D eigenvalue weighted by Gasteiger charge is -2.05. The zero-order valence-corrected chi connectivity index (χ0v) is 10.7. The smallest absolute Gasteiger partial charge is 0.338 e. The molecule has 0 spiro atoms. The Balaban J connectivity index is 2.21. The van der Waals surface area contributed by atoms with Gasteiger partial charge < -0.3 is 10.5 Å². The van der Waals surface area contributed by atoms with Gasteiger partial charge in [-0.1, -0.05) is 18.2 Å². The zero-order chi connectivity index (χ0) is 13.7. The molecule has 0 saturated heterocycles. The first kappa shape index (κ1) is 13.2. The van der Waals surface area contributed by atoms with Crippen LogP contribution in [0.5, 0.6) is 0 Å². The third kappa shape index (κ3) is 3.17. The van der Waals surface area contributed by atoms with Gasteiger partial charge in [-0.05, 0) is 24.6 Å². The van der Waals surface area contributed by atoms with Crippen LogP contribution >= 0.6 is 0 Å². The Morgan fingerprint density at radius 1 is 1.47 bits per heavy atom. The zero-order valence-electron chi connectivity index (χ0n) is 10.7. The number of hydrogen-bond acceptors (Lipinski definition) is 5. The highest BCUT2D eigenvalue weighted by molar-refractivity contribution is 5.90. The van der Waals surface area contributed by atoms with Crippen molar-refractivity contribution in [3.05, 3.63) is 41.7 Å². The minimum Gasteiger partial charge on any atom is -0.462 e. The predicted octanol–water partition coefficient (Wildman–Crippen LogP) is 1.29. The van der Waals surface area contributed by atoms with Crippen molar-refractivity contribution in [1.29, 1.82) is 0 Å². The maximum Gasteiger partial charge on any atom is 0.338 e. The maximum atomic E-state index is 11.8. The summed E-state index contributed by atoms with van der Waals surface area (Å²) >= 11 is 0. The van der Waals surface area contributed by atoms with Crippen LogP contribution < -0.4 is 5.73 Å². The molecule has 1 aromatic carbocycles. The molecule has 0 aliphatic rings. The molecule has 0 atom stereocenters. The molecule has 100 valence electrons. The Bertz CT molecular complexity index is 565. The van der Waals surface area contributed by atoms with E-state index in [9.17, 15) is 4.79 Å². The van der Waals surface area contributed by atoms with Crippen molar-refractivity contribution < 1.29 is 9.53 Å². The third-order valence-electron chi connectivity index (χ3n) is 2.53. The molecular weight excluding hydrogens is 244 g/mol. The molecule has 1 heterocycles. The Morgan fingerprint density at radius 3 is 3.00 bits per heavy atom. The number of esters is 1. The van der Waals surface area contributed by atoms with Gasteiger partial charge in [0.25, 0.3) is 0 Å². The van der Waals surface area contributed by atoms with Gasteiger partial charge in [-0.3, -0.25) is 0 Å². The number of benzene rings is 1. The highest BCUT2D eigenvalue weighted by Gasteiger charge is 2.09. The average molecular weight is 260 g/mol. The van der Waals surface area contributed by atoms with Gasteiger partial charge in [-0.25, -0.2) is 9.48 Å². The molecule has 0 unspecified atom stereocenters. The first-order chi connectivity index (χ1) is 9.24. The Morgan fingerprint density at radius 2 is 2.32 bits per heavy atom. The molecule has 0 amide bonds. The summed E-state index contributed by atoms with van der Waals surface area (Å²) in [6, 6.07) is 7.04. The van der Waals surface area contributed by atoms with Gasteiger partial charge >= 0.3 is 5.97 Å². The van der Waals surface area contributed by atoms with Gasteiger partial charge in [0.05, 0.1) is 29.7 Å². The van der Waals surface area contributed by atoms with E-state index in [2.05, 4.69) is 10.3 Å². The van der Waals surface area contributed by atoms with E-state index < -0.39 is 0 Å². The van der Waals surface area contributed by atoms with Gasteiger partial charge in [0.1, 0.15) is 0 Å². The van der Waals surface area contributed by atoms with Crippen LogP contribution in [-0.4, -0.2) is 27.6 Å². The molecule has 0 fully saturated rings. The fourth-order valence-corrected chi connectivity index (χ4v) is 1.57. The molecule has 0 aliphatic carbocycles. The number of hydrogen-bond donors (Lipinski definition) is 1. The summed E-state index contributed by atoms with van der Waals surface area (Å²) in [5, 5.41) is 7.86. The van der Waals surface area contributed by atoms with Crippen molar-refractivity contribution in [1.82, 2.24) is 15.0 Å². The Labute approximate surface area is 111 Å². The fourth-order valence-electron chi connectivity index (χ4n) is 1.57. The largest absolute Gasteiger partial charge is 0.462 e. The van der Waals surface area contributed by atoms with E-state index in [1.54, 1.807) is 29.1 Å². The molecule has 0 aliphatic heterocycles. The quantitative estimate of drug-likeness (QED) is 0.819. The summed E-state index contributed by atoms with van der Waals surface area (Å²) in [5.41, 5.74) is 7.42. The van der Waals surface area contributed by atoms with E-state index in [4.69, 9.17) is 10.5 Å². The van der Waals surface area contributed by atoms with Crippen LogP contribution in [0.2, 0.25) is 0 Å². The van der Waals surface area contributed by atoms with E-state index >= 15 is 0 Å². The molecule has 0 bridgehead atoms. The van der Waals surface area contributed by atoms with Crippen molar-refractivity contribution in [2.75, 3.05) is 6.61 Å². The molecule has 0 saturated carbocycles. The van der Waals surface area contributed by atoms with Crippen molar-refractivity contribution in [2.24, 2.45) is 5.73 Å². The molecule has 2 rings (SSSR count). The van der Waals surface area contributed by atoms with E-state index in [1.807, 2.05) is 13.0 Å². The van der Waals surface area contributed by atoms with Crippen LogP contribution in [0.15, 0.2) is 30.5 Å². The number of nitrogens with two attached hydrogens (primary N) is 1. The summed E-state index contributed by atoms with van der Waals surface area (Å²) < 4.78 is 6.67. The molecule has 2 N–H and O–H groups in total. The molecule has 1 aromatic heterocycles. The van der Waals surface area contributed by atoms with E-state index in [0.717, 1.165) is 12.1 Å². The second kappa shape index (κ2) is 6.10. The summed E-state index contributed by atoms with van der Waals surface area (Å²) in [6.45, 7) is 2.70. The Hall–Kier alpha value is -2.21. The van der Waals surface area contributed by atoms with Crippen molar-refractivity contribution in [3.8, 4) is 5.69 Å². The van der Waals surface area contributed by atoms with Crippen LogP contribution in [-0.2, 0) is 11.3 Å². The first-order valence-electron chi connectivity index (χ1n) is 6.13. The van der Waals surface area contributed by atoms with Crippen LogP contribution in [0.1, 0.15) is 29.4 Å². The van der Waals surface area contributed by atoms with E-state index in [-0.39, 0.29) is 5.97 Å². The third-order valence-corrected chi connectivity index (χ3v) is 2.53. The molecule has 19 heavy (non-hydrogen) atoms. The number of nitrogens with zero attached hydrogens (tertiary/aromatic N) is 3. The topological polar surface area (TPSA) is 83.0 Å². The number of aromatic nitrogens is 3. The van der Waals surface area contributed by atoms with Crippen LogP contribution in [0.25, 0.3) is 5.69 Å². The fraction of sp³-hybridized carbons (Fsp3) is 0.308.